The largest absolute Gasteiger partial charge is 0.471 e. The van der Waals surface area contributed by atoms with Gasteiger partial charge in [-0.05, 0) is 64.3 Å². The molecule has 2 atom stereocenters. The van der Waals surface area contributed by atoms with E-state index in [2.05, 4.69) is 10.2 Å². The van der Waals surface area contributed by atoms with Gasteiger partial charge < -0.3 is 10.1 Å². The summed E-state index contributed by atoms with van der Waals surface area (Å²) in [5, 5.41) is 2.17. The first-order valence-electron chi connectivity index (χ1n) is 9.97. The van der Waals surface area contributed by atoms with Crippen LogP contribution in [0.1, 0.15) is 51.5 Å². The van der Waals surface area contributed by atoms with Gasteiger partial charge in [-0.15, -0.1) is 0 Å². The lowest BCUT2D eigenvalue weighted by atomic mass is 9.81. The number of benzene rings is 1. The van der Waals surface area contributed by atoms with Crippen molar-refractivity contribution in [3.63, 3.8) is 0 Å². The molecule has 1 heterocycles. The second-order valence-electron chi connectivity index (χ2n) is 9.00. The summed E-state index contributed by atoms with van der Waals surface area (Å²) in [6.07, 6.45) is -2.53. The minimum Gasteiger partial charge on any atom is -0.373 e. The Labute approximate surface area is 168 Å². The van der Waals surface area contributed by atoms with E-state index in [4.69, 9.17) is 4.74 Å². The molecule has 4 nitrogen and oxygen atoms in total. The molecule has 1 amide bonds. The van der Waals surface area contributed by atoms with Crippen LogP contribution in [0, 0.1) is 5.82 Å². The van der Waals surface area contributed by atoms with Crippen molar-refractivity contribution in [3.8, 4) is 0 Å². The first-order chi connectivity index (χ1) is 13.4. The third-order valence-corrected chi connectivity index (χ3v) is 5.62. The van der Waals surface area contributed by atoms with E-state index >= 15 is 0 Å². The minimum atomic E-state index is -4.93. The Kier molecular flexibility index (Phi) is 6.24. The number of rotatable bonds is 4. The van der Waals surface area contributed by atoms with Gasteiger partial charge in [0.05, 0.1) is 11.7 Å². The summed E-state index contributed by atoms with van der Waals surface area (Å²) in [6.45, 7) is 7.04. The third kappa shape index (κ3) is 5.69. The number of halogens is 4. The van der Waals surface area contributed by atoms with Gasteiger partial charge in [-0.1, -0.05) is 12.1 Å². The summed E-state index contributed by atoms with van der Waals surface area (Å²) in [6, 6.07) is 5.31. The van der Waals surface area contributed by atoms with Crippen LogP contribution in [0.3, 0.4) is 0 Å². The second kappa shape index (κ2) is 8.22. The highest BCUT2D eigenvalue weighted by molar-refractivity contribution is 5.82. The SMILES string of the molecule is CC(C)(C)OC1CC(N2CC[C@H](c3ccc(F)cc3)[C@@H](NC(=O)C(F)(F)F)C2)C1. The molecule has 1 N–H and O–H groups in total. The number of carbonyl (C=O) groups is 1. The van der Waals surface area contributed by atoms with Crippen LogP contribution in [0.5, 0.6) is 0 Å². The Morgan fingerprint density at radius 2 is 1.76 bits per heavy atom. The highest BCUT2D eigenvalue weighted by atomic mass is 19.4. The Bertz CT molecular complexity index is 709. The lowest BCUT2D eigenvalue weighted by Gasteiger charge is -2.49. The molecule has 0 radical (unpaired) electrons. The van der Waals surface area contributed by atoms with Gasteiger partial charge in [0.2, 0.25) is 0 Å². The van der Waals surface area contributed by atoms with E-state index < -0.39 is 23.9 Å². The molecule has 29 heavy (non-hydrogen) atoms. The molecule has 0 spiro atoms. The number of ether oxygens (including phenoxy) is 1. The topological polar surface area (TPSA) is 41.6 Å². The zero-order chi connectivity index (χ0) is 21.4. The summed E-state index contributed by atoms with van der Waals surface area (Å²) < 4.78 is 57.7. The molecule has 8 heteroatoms. The molecule has 162 valence electrons. The minimum absolute atomic E-state index is 0.151. The zero-order valence-corrected chi connectivity index (χ0v) is 16.9. The van der Waals surface area contributed by atoms with Crippen LogP contribution in [0.25, 0.3) is 0 Å². The van der Waals surface area contributed by atoms with Crippen LogP contribution in [0.4, 0.5) is 17.6 Å². The molecule has 1 aromatic rings. The van der Waals surface area contributed by atoms with Crippen molar-refractivity contribution >= 4 is 5.91 Å². The van der Waals surface area contributed by atoms with E-state index in [1.165, 1.54) is 12.1 Å². The van der Waals surface area contributed by atoms with E-state index in [1.54, 1.807) is 12.1 Å². The zero-order valence-electron chi connectivity index (χ0n) is 16.9. The van der Waals surface area contributed by atoms with Crippen molar-refractivity contribution in [1.29, 1.82) is 0 Å². The predicted molar refractivity (Wildman–Crippen MR) is 101 cm³/mol. The average Bonchev–Trinajstić information content (AvgIpc) is 2.57. The molecule has 2 aliphatic rings. The molecule has 1 aliphatic carbocycles. The number of hydrogen-bond acceptors (Lipinski definition) is 3. The maximum atomic E-state index is 13.3. The third-order valence-electron chi connectivity index (χ3n) is 5.62. The molecule has 1 saturated carbocycles. The van der Waals surface area contributed by atoms with Gasteiger partial charge in [-0.2, -0.15) is 13.2 Å². The van der Waals surface area contributed by atoms with E-state index in [9.17, 15) is 22.4 Å². The Hall–Kier alpha value is -1.67. The molecule has 0 unspecified atom stereocenters. The van der Waals surface area contributed by atoms with Crippen LogP contribution in [-0.4, -0.2) is 53.9 Å². The maximum absolute atomic E-state index is 13.3. The van der Waals surface area contributed by atoms with Crippen molar-refractivity contribution in [3.05, 3.63) is 35.6 Å². The molecule has 2 fully saturated rings. The summed E-state index contributed by atoms with van der Waals surface area (Å²) in [5.41, 5.74) is 0.509. The van der Waals surface area contributed by atoms with E-state index in [0.717, 1.165) is 18.4 Å². The number of carbonyl (C=O) groups excluding carboxylic acids is 1. The molecule has 0 aromatic heterocycles. The van der Waals surface area contributed by atoms with Crippen molar-refractivity contribution in [2.45, 2.75) is 75.9 Å². The lowest BCUT2D eigenvalue weighted by Crippen LogP contribution is -2.59. The van der Waals surface area contributed by atoms with Crippen LogP contribution in [-0.2, 0) is 9.53 Å². The molecule has 1 aliphatic heterocycles. The van der Waals surface area contributed by atoms with Crippen molar-refractivity contribution in [2.24, 2.45) is 0 Å². The molecule has 1 saturated heterocycles. The van der Waals surface area contributed by atoms with Crippen LogP contribution in [0.15, 0.2) is 24.3 Å². The number of amides is 1. The van der Waals surface area contributed by atoms with Gasteiger partial charge in [0.1, 0.15) is 5.82 Å². The molecular formula is C21H28F4N2O2. The van der Waals surface area contributed by atoms with E-state index in [1.807, 2.05) is 20.8 Å². The van der Waals surface area contributed by atoms with Gasteiger partial charge in [-0.25, -0.2) is 4.39 Å². The van der Waals surface area contributed by atoms with Crippen molar-refractivity contribution < 1.29 is 27.1 Å². The maximum Gasteiger partial charge on any atom is 0.471 e. The fourth-order valence-electron chi connectivity index (χ4n) is 4.25. The Morgan fingerprint density at radius 1 is 1.14 bits per heavy atom. The van der Waals surface area contributed by atoms with E-state index in [-0.39, 0.29) is 23.7 Å². The lowest BCUT2D eigenvalue weighted by molar-refractivity contribution is -0.175. The standard InChI is InChI=1S/C21H28F4N2O2/c1-20(2,3)29-16-10-15(11-16)27-9-8-17(13-4-6-14(22)7-5-13)18(12-27)26-19(28)21(23,24)25/h4-7,15-18H,8-12H2,1-3H3,(H,26,28)/t15?,16?,17-,18+/m1/s1. The second-order valence-corrected chi connectivity index (χ2v) is 9.00. The highest BCUT2D eigenvalue weighted by Gasteiger charge is 2.44. The Balaban J connectivity index is 1.68. The monoisotopic (exact) mass is 416 g/mol. The van der Waals surface area contributed by atoms with Gasteiger partial charge in [0.15, 0.2) is 0 Å². The van der Waals surface area contributed by atoms with Crippen LogP contribution in [0.2, 0.25) is 0 Å². The summed E-state index contributed by atoms with van der Waals surface area (Å²) >= 11 is 0. The normalized spacial score (nSPS) is 28.7. The Morgan fingerprint density at radius 3 is 2.31 bits per heavy atom. The summed E-state index contributed by atoms with van der Waals surface area (Å²) in [7, 11) is 0. The number of alkyl halides is 3. The van der Waals surface area contributed by atoms with Crippen molar-refractivity contribution in [2.75, 3.05) is 13.1 Å². The van der Waals surface area contributed by atoms with Gasteiger partial charge in [0, 0.05) is 24.5 Å². The molecule has 0 bridgehead atoms. The number of piperidine rings is 1. The van der Waals surface area contributed by atoms with Crippen molar-refractivity contribution in [1.82, 2.24) is 10.2 Å². The number of likely N-dealkylation sites (tertiary alicyclic amines) is 1. The van der Waals surface area contributed by atoms with Gasteiger partial charge in [-0.3, -0.25) is 9.69 Å². The number of nitrogens with zero attached hydrogens (tertiary/aromatic N) is 1. The van der Waals surface area contributed by atoms with Gasteiger partial charge >= 0.3 is 12.1 Å². The average molecular weight is 416 g/mol. The van der Waals surface area contributed by atoms with Gasteiger partial charge in [0.25, 0.3) is 0 Å². The van der Waals surface area contributed by atoms with Crippen LogP contribution < -0.4 is 5.32 Å². The summed E-state index contributed by atoms with van der Waals surface area (Å²) in [5.74, 6) is -2.62. The molecular weight excluding hydrogens is 388 g/mol. The first kappa shape index (κ1) is 22.0. The predicted octanol–water partition coefficient (Wildman–Crippen LogP) is 4.01. The van der Waals surface area contributed by atoms with E-state index in [0.29, 0.717) is 19.5 Å². The molecule has 3 rings (SSSR count). The highest BCUT2D eigenvalue weighted by Crippen LogP contribution is 2.36. The fourth-order valence-corrected chi connectivity index (χ4v) is 4.25. The summed E-state index contributed by atoms with van der Waals surface area (Å²) in [4.78, 5) is 13.7. The molecule has 1 aromatic carbocycles. The number of nitrogens with one attached hydrogen (secondary N) is 1. The number of hydrogen-bond donors (Lipinski definition) is 1. The first-order valence-corrected chi connectivity index (χ1v) is 9.97. The fraction of sp³-hybridized carbons (Fsp3) is 0.667. The smallest absolute Gasteiger partial charge is 0.373 e. The van der Waals surface area contributed by atoms with Crippen LogP contribution >= 0.6 is 0 Å². The quantitative estimate of drug-likeness (QED) is 0.755.